The van der Waals surface area contributed by atoms with Crippen LogP contribution in [0.1, 0.15) is 25.3 Å². The Morgan fingerprint density at radius 1 is 1.46 bits per heavy atom. The van der Waals surface area contributed by atoms with Gasteiger partial charge in [0, 0.05) is 12.2 Å². The van der Waals surface area contributed by atoms with Crippen LogP contribution in [0.15, 0.2) is 18.3 Å². The van der Waals surface area contributed by atoms with E-state index >= 15 is 0 Å². The lowest BCUT2D eigenvalue weighted by molar-refractivity contribution is 0.308. The van der Waals surface area contributed by atoms with Crippen LogP contribution < -0.4 is 5.32 Å². The zero-order chi connectivity index (χ0) is 9.26. The molecule has 1 fully saturated rings. The van der Waals surface area contributed by atoms with E-state index < -0.39 is 0 Å². The molecule has 1 heterocycles. The normalized spacial score (nSPS) is 26.6. The molecule has 0 spiro atoms. The second-order valence-corrected chi connectivity index (χ2v) is 4.14. The molecule has 0 atom stereocenters. The second kappa shape index (κ2) is 3.36. The molecule has 2 heteroatoms. The molecule has 1 N–H and O–H groups in total. The van der Waals surface area contributed by atoms with Gasteiger partial charge in [0.25, 0.3) is 0 Å². The lowest BCUT2D eigenvalue weighted by Crippen LogP contribution is -2.34. The summed E-state index contributed by atoms with van der Waals surface area (Å²) in [5.41, 5.74) is 1.27. The third-order valence-corrected chi connectivity index (χ3v) is 2.64. The van der Waals surface area contributed by atoms with E-state index in [-0.39, 0.29) is 0 Å². The predicted molar refractivity (Wildman–Crippen MR) is 54.8 cm³/mol. The van der Waals surface area contributed by atoms with E-state index in [2.05, 4.69) is 30.2 Å². The van der Waals surface area contributed by atoms with Crippen LogP contribution in [0.3, 0.4) is 0 Å². The van der Waals surface area contributed by atoms with Crippen molar-refractivity contribution in [3.05, 3.63) is 23.9 Å². The molecule has 1 aromatic rings. The standard InChI is InChI=1S/C11H16N2/c1-8-3-4-12-11(7-8)13-10-5-9(2)6-10/h3-4,7,9-10H,5-6H2,1-2H3,(H,12,13). The zero-order valence-corrected chi connectivity index (χ0v) is 8.25. The van der Waals surface area contributed by atoms with Crippen LogP contribution in [0.5, 0.6) is 0 Å². The number of nitrogens with one attached hydrogen (secondary N) is 1. The minimum atomic E-state index is 0.657. The van der Waals surface area contributed by atoms with Gasteiger partial charge in [0.15, 0.2) is 0 Å². The van der Waals surface area contributed by atoms with Gasteiger partial charge in [-0.15, -0.1) is 0 Å². The van der Waals surface area contributed by atoms with Crippen molar-refractivity contribution in [3.8, 4) is 0 Å². The zero-order valence-electron chi connectivity index (χ0n) is 8.25. The van der Waals surface area contributed by atoms with Gasteiger partial charge in [0.2, 0.25) is 0 Å². The predicted octanol–water partition coefficient (Wildman–Crippen LogP) is 2.60. The summed E-state index contributed by atoms with van der Waals surface area (Å²) in [4.78, 5) is 4.28. The monoisotopic (exact) mass is 176 g/mol. The molecule has 2 rings (SSSR count). The highest BCUT2D eigenvalue weighted by atomic mass is 15.0. The lowest BCUT2D eigenvalue weighted by Gasteiger charge is -2.33. The molecule has 70 valence electrons. The molecule has 0 aromatic carbocycles. The number of hydrogen-bond donors (Lipinski definition) is 1. The van der Waals surface area contributed by atoms with Crippen molar-refractivity contribution in [2.75, 3.05) is 5.32 Å². The molecule has 1 aromatic heterocycles. The maximum atomic E-state index is 4.28. The van der Waals surface area contributed by atoms with Crippen molar-refractivity contribution in [2.45, 2.75) is 32.7 Å². The van der Waals surface area contributed by atoms with Gasteiger partial charge in [-0.3, -0.25) is 0 Å². The average Bonchev–Trinajstić information content (AvgIpc) is 2.01. The summed E-state index contributed by atoms with van der Waals surface area (Å²) < 4.78 is 0. The van der Waals surface area contributed by atoms with Gasteiger partial charge in [-0.2, -0.15) is 0 Å². The van der Waals surface area contributed by atoms with Gasteiger partial charge < -0.3 is 5.32 Å². The SMILES string of the molecule is Cc1ccnc(NC2CC(C)C2)c1. The van der Waals surface area contributed by atoms with Crippen LogP contribution in [-0.2, 0) is 0 Å². The molecule has 13 heavy (non-hydrogen) atoms. The van der Waals surface area contributed by atoms with E-state index in [1.807, 2.05) is 12.3 Å². The van der Waals surface area contributed by atoms with Crippen LogP contribution in [0.4, 0.5) is 5.82 Å². The molecular formula is C11H16N2. The topological polar surface area (TPSA) is 24.9 Å². The van der Waals surface area contributed by atoms with Crippen LogP contribution in [0, 0.1) is 12.8 Å². The maximum Gasteiger partial charge on any atom is 0.126 e. The van der Waals surface area contributed by atoms with Crippen LogP contribution >= 0.6 is 0 Å². The van der Waals surface area contributed by atoms with Crippen LogP contribution in [-0.4, -0.2) is 11.0 Å². The van der Waals surface area contributed by atoms with Crippen molar-refractivity contribution < 1.29 is 0 Å². The molecule has 1 saturated carbocycles. The fraction of sp³-hybridized carbons (Fsp3) is 0.545. The second-order valence-electron chi connectivity index (χ2n) is 4.14. The minimum Gasteiger partial charge on any atom is -0.367 e. The first-order valence-corrected chi connectivity index (χ1v) is 4.93. The Balaban J connectivity index is 1.94. The first-order chi connectivity index (χ1) is 6.24. The third kappa shape index (κ3) is 2.00. The number of rotatable bonds is 2. The molecule has 0 unspecified atom stereocenters. The summed E-state index contributed by atoms with van der Waals surface area (Å²) in [6, 6.07) is 4.78. The Labute approximate surface area is 79.4 Å². The molecule has 0 aliphatic heterocycles. The number of hydrogen-bond acceptors (Lipinski definition) is 2. The van der Waals surface area contributed by atoms with Crippen molar-refractivity contribution in [2.24, 2.45) is 5.92 Å². The van der Waals surface area contributed by atoms with Crippen molar-refractivity contribution in [3.63, 3.8) is 0 Å². The van der Waals surface area contributed by atoms with E-state index in [9.17, 15) is 0 Å². The quantitative estimate of drug-likeness (QED) is 0.749. The van der Waals surface area contributed by atoms with Gasteiger partial charge in [-0.25, -0.2) is 4.98 Å². The van der Waals surface area contributed by atoms with Gasteiger partial charge in [0.1, 0.15) is 5.82 Å². The Morgan fingerprint density at radius 3 is 2.85 bits per heavy atom. The third-order valence-electron chi connectivity index (χ3n) is 2.64. The summed E-state index contributed by atoms with van der Waals surface area (Å²) >= 11 is 0. The Bertz CT molecular complexity index is 290. The minimum absolute atomic E-state index is 0.657. The van der Waals surface area contributed by atoms with Crippen molar-refractivity contribution in [1.29, 1.82) is 0 Å². The van der Waals surface area contributed by atoms with E-state index in [0.29, 0.717) is 6.04 Å². The summed E-state index contributed by atoms with van der Waals surface area (Å²) in [6.45, 7) is 4.39. The van der Waals surface area contributed by atoms with Crippen molar-refractivity contribution in [1.82, 2.24) is 4.98 Å². The van der Waals surface area contributed by atoms with E-state index in [1.165, 1.54) is 18.4 Å². The summed E-state index contributed by atoms with van der Waals surface area (Å²) in [7, 11) is 0. The van der Waals surface area contributed by atoms with Crippen LogP contribution in [0.2, 0.25) is 0 Å². The summed E-state index contributed by atoms with van der Waals surface area (Å²) in [6.07, 6.45) is 4.44. The molecule has 0 bridgehead atoms. The van der Waals surface area contributed by atoms with Gasteiger partial charge in [0.05, 0.1) is 0 Å². The summed E-state index contributed by atoms with van der Waals surface area (Å²) in [5.74, 6) is 1.92. The Morgan fingerprint density at radius 2 is 2.23 bits per heavy atom. The van der Waals surface area contributed by atoms with Crippen LogP contribution in [0.25, 0.3) is 0 Å². The maximum absolute atomic E-state index is 4.28. The molecule has 0 radical (unpaired) electrons. The highest BCUT2D eigenvalue weighted by Crippen LogP contribution is 2.28. The fourth-order valence-electron chi connectivity index (χ4n) is 1.84. The largest absolute Gasteiger partial charge is 0.367 e. The number of nitrogens with zero attached hydrogens (tertiary/aromatic N) is 1. The first-order valence-electron chi connectivity index (χ1n) is 4.93. The highest BCUT2D eigenvalue weighted by Gasteiger charge is 2.24. The Kier molecular flexibility index (Phi) is 2.21. The lowest BCUT2D eigenvalue weighted by atomic mass is 9.82. The smallest absolute Gasteiger partial charge is 0.126 e. The fourth-order valence-corrected chi connectivity index (χ4v) is 1.84. The summed E-state index contributed by atoms with van der Waals surface area (Å²) in [5, 5.41) is 3.44. The van der Waals surface area contributed by atoms with Gasteiger partial charge in [-0.05, 0) is 43.4 Å². The molecule has 0 amide bonds. The Hall–Kier alpha value is -1.05. The number of aromatic nitrogens is 1. The van der Waals surface area contributed by atoms with Gasteiger partial charge in [-0.1, -0.05) is 6.92 Å². The van der Waals surface area contributed by atoms with Crippen molar-refractivity contribution >= 4 is 5.82 Å². The van der Waals surface area contributed by atoms with E-state index in [0.717, 1.165) is 11.7 Å². The number of aryl methyl sites for hydroxylation is 1. The highest BCUT2D eigenvalue weighted by molar-refractivity contribution is 5.38. The average molecular weight is 176 g/mol. The number of anilines is 1. The molecule has 0 saturated heterocycles. The van der Waals surface area contributed by atoms with E-state index in [4.69, 9.17) is 0 Å². The van der Waals surface area contributed by atoms with Gasteiger partial charge >= 0.3 is 0 Å². The molecule has 2 nitrogen and oxygen atoms in total. The molecule has 1 aliphatic carbocycles. The first kappa shape index (κ1) is 8.54. The van der Waals surface area contributed by atoms with E-state index in [1.54, 1.807) is 0 Å². The molecule has 1 aliphatic rings. The number of pyridine rings is 1. The molecular weight excluding hydrogens is 160 g/mol.